The first-order chi connectivity index (χ1) is 14.8. The van der Waals surface area contributed by atoms with Gasteiger partial charge in [0, 0.05) is 32.1 Å². The average Bonchev–Trinajstić information content (AvgIpc) is 3.21. The molecule has 11 heteroatoms. The van der Waals surface area contributed by atoms with Crippen molar-refractivity contribution in [3.63, 3.8) is 0 Å². The van der Waals surface area contributed by atoms with Crippen molar-refractivity contribution in [1.29, 1.82) is 0 Å². The van der Waals surface area contributed by atoms with Crippen LogP contribution in [-0.4, -0.2) is 82.8 Å². The highest BCUT2D eigenvalue weighted by Gasteiger charge is 2.27. The van der Waals surface area contributed by atoms with Crippen LogP contribution in [0.5, 0.6) is 0 Å². The van der Waals surface area contributed by atoms with Crippen LogP contribution in [0.3, 0.4) is 0 Å². The summed E-state index contributed by atoms with van der Waals surface area (Å²) in [6, 6.07) is -1.11. The lowest BCUT2D eigenvalue weighted by atomic mass is 10.1. The number of hydrogen-bond donors (Lipinski definition) is 4. The van der Waals surface area contributed by atoms with Crippen LogP contribution in [0, 0.1) is 0 Å². The Labute approximate surface area is 186 Å². The Morgan fingerprint density at radius 1 is 1.06 bits per heavy atom. The predicted molar refractivity (Wildman–Crippen MR) is 115 cm³/mol. The molecule has 31 heavy (non-hydrogen) atoms. The minimum absolute atomic E-state index is 0.0269. The molecular formula is C20H32N4O6S. The standard InChI is InChI=1S/C20H32N4O6S/c25-16(21-8-10-24-9-4-3-7-18(24)27)12-31-13-17(26)23-15(11-19(28)29)20(30)22-14-5-1-2-6-14/h14-15H,1-13H2,(H,21,25)(H,22,30)(H,23,26)(H,28,29)/t15-/m1/s1. The molecule has 2 fully saturated rings. The molecule has 10 nitrogen and oxygen atoms in total. The van der Waals surface area contributed by atoms with Crippen molar-refractivity contribution in [2.45, 2.75) is 63.5 Å². The van der Waals surface area contributed by atoms with Crippen molar-refractivity contribution < 1.29 is 29.1 Å². The van der Waals surface area contributed by atoms with E-state index in [0.29, 0.717) is 19.5 Å². The zero-order valence-electron chi connectivity index (χ0n) is 17.7. The fraction of sp³-hybridized carbons (Fsp3) is 0.750. The van der Waals surface area contributed by atoms with Gasteiger partial charge in [-0.15, -0.1) is 11.8 Å². The first-order valence-electron chi connectivity index (χ1n) is 10.8. The van der Waals surface area contributed by atoms with Gasteiger partial charge in [0.15, 0.2) is 0 Å². The molecule has 174 valence electrons. The maximum atomic E-state index is 12.3. The number of carboxylic acids is 1. The second-order valence-electron chi connectivity index (χ2n) is 7.89. The number of carboxylic acid groups (broad SMARTS) is 1. The maximum absolute atomic E-state index is 12.3. The third-order valence-electron chi connectivity index (χ3n) is 5.32. The largest absolute Gasteiger partial charge is 0.481 e. The Morgan fingerprint density at radius 3 is 2.45 bits per heavy atom. The predicted octanol–water partition coefficient (Wildman–Crippen LogP) is -0.133. The van der Waals surface area contributed by atoms with E-state index in [2.05, 4.69) is 16.0 Å². The summed E-state index contributed by atoms with van der Waals surface area (Å²) in [5.41, 5.74) is 0. The third kappa shape index (κ3) is 9.58. The number of aliphatic carboxylic acids is 1. The van der Waals surface area contributed by atoms with Crippen molar-refractivity contribution in [1.82, 2.24) is 20.9 Å². The Bertz CT molecular complexity index is 668. The van der Waals surface area contributed by atoms with Gasteiger partial charge in [-0.1, -0.05) is 12.8 Å². The topological polar surface area (TPSA) is 145 Å². The van der Waals surface area contributed by atoms with Crippen LogP contribution in [0.4, 0.5) is 0 Å². The molecule has 2 aliphatic rings. The number of carbonyl (C=O) groups excluding carboxylic acids is 4. The molecule has 0 radical (unpaired) electrons. The first kappa shape index (κ1) is 25.0. The number of rotatable bonds is 12. The summed E-state index contributed by atoms with van der Waals surface area (Å²) in [7, 11) is 0. The maximum Gasteiger partial charge on any atom is 0.305 e. The van der Waals surface area contributed by atoms with Gasteiger partial charge in [0.25, 0.3) is 0 Å². The van der Waals surface area contributed by atoms with Crippen LogP contribution >= 0.6 is 11.8 Å². The monoisotopic (exact) mass is 456 g/mol. The second-order valence-corrected chi connectivity index (χ2v) is 8.87. The zero-order valence-corrected chi connectivity index (χ0v) is 18.5. The van der Waals surface area contributed by atoms with Crippen LogP contribution in [0.15, 0.2) is 0 Å². The molecular weight excluding hydrogens is 424 g/mol. The Hall–Kier alpha value is -2.30. The highest BCUT2D eigenvalue weighted by Crippen LogP contribution is 2.17. The van der Waals surface area contributed by atoms with E-state index in [9.17, 15) is 24.0 Å². The van der Waals surface area contributed by atoms with Crippen molar-refractivity contribution in [3.05, 3.63) is 0 Å². The number of likely N-dealkylation sites (tertiary alicyclic amines) is 1. The molecule has 0 unspecified atom stereocenters. The normalized spacial score (nSPS) is 17.8. The zero-order chi connectivity index (χ0) is 22.6. The van der Waals surface area contributed by atoms with Gasteiger partial charge in [-0.25, -0.2) is 0 Å². The molecule has 2 rings (SSSR count). The fourth-order valence-electron chi connectivity index (χ4n) is 3.71. The van der Waals surface area contributed by atoms with E-state index in [0.717, 1.165) is 56.8 Å². The third-order valence-corrected chi connectivity index (χ3v) is 6.26. The lowest BCUT2D eigenvalue weighted by Gasteiger charge is -2.26. The van der Waals surface area contributed by atoms with Gasteiger partial charge in [-0.3, -0.25) is 24.0 Å². The van der Waals surface area contributed by atoms with E-state index in [1.165, 1.54) is 0 Å². The number of piperidine rings is 1. The van der Waals surface area contributed by atoms with Gasteiger partial charge in [0.2, 0.25) is 23.6 Å². The van der Waals surface area contributed by atoms with Gasteiger partial charge >= 0.3 is 5.97 Å². The molecule has 1 heterocycles. The number of nitrogens with zero attached hydrogens (tertiary/aromatic N) is 1. The summed E-state index contributed by atoms with van der Waals surface area (Å²) in [5, 5.41) is 17.0. The van der Waals surface area contributed by atoms with E-state index in [-0.39, 0.29) is 29.4 Å². The van der Waals surface area contributed by atoms with Crippen molar-refractivity contribution in [3.8, 4) is 0 Å². The average molecular weight is 457 g/mol. The molecule has 0 aromatic rings. The summed E-state index contributed by atoms with van der Waals surface area (Å²) in [5.74, 6) is -2.31. The number of nitrogens with one attached hydrogen (secondary N) is 3. The Morgan fingerprint density at radius 2 is 1.77 bits per heavy atom. The van der Waals surface area contributed by atoms with E-state index in [1.807, 2.05) is 0 Å². The number of amides is 4. The molecule has 1 aliphatic heterocycles. The summed E-state index contributed by atoms with van der Waals surface area (Å²) < 4.78 is 0. The van der Waals surface area contributed by atoms with Crippen LogP contribution in [0.2, 0.25) is 0 Å². The number of thioether (sulfide) groups is 1. The highest BCUT2D eigenvalue weighted by atomic mass is 32.2. The van der Waals surface area contributed by atoms with Crippen LogP contribution in [0.1, 0.15) is 51.4 Å². The van der Waals surface area contributed by atoms with Crippen molar-refractivity contribution in [2.24, 2.45) is 0 Å². The molecule has 1 aliphatic carbocycles. The molecule has 1 saturated heterocycles. The lowest BCUT2D eigenvalue weighted by molar-refractivity contribution is -0.140. The van der Waals surface area contributed by atoms with Crippen molar-refractivity contribution >= 4 is 41.4 Å². The summed E-state index contributed by atoms with van der Waals surface area (Å²) in [6.45, 7) is 1.55. The molecule has 4 N–H and O–H groups in total. The summed E-state index contributed by atoms with van der Waals surface area (Å²) in [6.07, 6.45) is 5.71. The van der Waals surface area contributed by atoms with Crippen molar-refractivity contribution in [2.75, 3.05) is 31.1 Å². The molecule has 0 aromatic heterocycles. The van der Waals surface area contributed by atoms with Crippen LogP contribution < -0.4 is 16.0 Å². The fourth-order valence-corrected chi connectivity index (χ4v) is 4.37. The minimum Gasteiger partial charge on any atom is -0.481 e. The molecule has 0 spiro atoms. The molecule has 0 aromatic carbocycles. The van der Waals surface area contributed by atoms with Crippen LogP contribution in [-0.2, 0) is 24.0 Å². The second kappa shape index (κ2) is 13.2. The molecule has 4 amide bonds. The molecule has 1 saturated carbocycles. The van der Waals surface area contributed by atoms with Gasteiger partial charge < -0.3 is 26.0 Å². The molecule has 1 atom stereocenters. The lowest BCUT2D eigenvalue weighted by Crippen LogP contribution is -2.50. The number of hydrogen-bond acceptors (Lipinski definition) is 6. The highest BCUT2D eigenvalue weighted by molar-refractivity contribution is 8.00. The SMILES string of the molecule is O=C(O)C[C@@H](NC(=O)CSCC(=O)NCCN1CCCCC1=O)C(=O)NC1CCCC1. The van der Waals surface area contributed by atoms with E-state index >= 15 is 0 Å². The quantitative estimate of drug-likeness (QED) is 0.320. The Balaban J connectivity index is 1.64. The van der Waals surface area contributed by atoms with Gasteiger partial charge in [-0.05, 0) is 25.7 Å². The van der Waals surface area contributed by atoms with Gasteiger partial charge in [0.05, 0.1) is 17.9 Å². The minimum atomic E-state index is -1.17. The van der Waals surface area contributed by atoms with E-state index in [4.69, 9.17) is 5.11 Å². The van der Waals surface area contributed by atoms with Gasteiger partial charge in [0.1, 0.15) is 6.04 Å². The Kier molecular flexibility index (Phi) is 10.6. The van der Waals surface area contributed by atoms with Crippen LogP contribution in [0.25, 0.3) is 0 Å². The van der Waals surface area contributed by atoms with E-state index < -0.39 is 30.2 Å². The van der Waals surface area contributed by atoms with Gasteiger partial charge in [-0.2, -0.15) is 0 Å². The summed E-state index contributed by atoms with van der Waals surface area (Å²) in [4.78, 5) is 60.9. The van der Waals surface area contributed by atoms with E-state index in [1.54, 1.807) is 4.90 Å². The summed E-state index contributed by atoms with van der Waals surface area (Å²) >= 11 is 1.08. The molecule has 0 bridgehead atoms. The number of carbonyl (C=O) groups is 5. The first-order valence-corrected chi connectivity index (χ1v) is 11.9. The smallest absolute Gasteiger partial charge is 0.305 e.